The van der Waals surface area contributed by atoms with Crippen LogP contribution in [-0.2, 0) is 0 Å². The van der Waals surface area contributed by atoms with Crippen LogP contribution in [0.5, 0.6) is 0 Å². The fourth-order valence-electron chi connectivity index (χ4n) is 0. The summed E-state index contributed by atoms with van der Waals surface area (Å²) in [5, 5.41) is 0. The van der Waals surface area contributed by atoms with E-state index in [0.29, 0.717) is 0 Å². The zero-order valence-electron chi connectivity index (χ0n) is 2.19. The average molecular weight is 336 g/mol. The van der Waals surface area contributed by atoms with E-state index in [2.05, 4.69) is 0 Å². The Hall–Kier alpha value is 3.93. The first-order chi connectivity index (χ1) is 0. The quantitative estimate of drug-likeness (QED) is 0.491. The van der Waals surface area contributed by atoms with Gasteiger partial charge in [0, 0.05) is 119 Å². The maximum Gasteiger partial charge on any atom is 0 e. The Kier molecular flexibility index (Phi) is 97.3. The van der Waals surface area contributed by atoms with Crippen LogP contribution in [0.4, 0.5) is 0 Å². The molecule has 0 atom stereocenters. The van der Waals surface area contributed by atoms with Crippen molar-refractivity contribution in [1.29, 1.82) is 0 Å². The van der Waals surface area contributed by atoms with E-state index in [9.17, 15) is 0 Å². The van der Waals surface area contributed by atoms with Crippen molar-refractivity contribution in [3.05, 3.63) is 0 Å². The third-order valence-corrected chi connectivity index (χ3v) is 0. The number of hydrogen-bond acceptors (Lipinski definition) is 0. The summed E-state index contributed by atoms with van der Waals surface area (Å²) in [5.74, 6) is 0. The van der Waals surface area contributed by atoms with Crippen molar-refractivity contribution in [2.45, 2.75) is 0 Å². The van der Waals surface area contributed by atoms with Crippen molar-refractivity contribution in [2.24, 2.45) is 0 Å². The van der Waals surface area contributed by atoms with E-state index in [4.69, 9.17) is 0 Å². The minimum atomic E-state index is 0. The number of rotatable bonds is 0. The summed E-state index contributed by atoms with van der Waals surface area (Å²) in [6, 6.07) is 0. The van der Waals surface area contributed by atoms with Crippen LogP contribution in [0.3, 0.4) is 0 Å². The molecule has 4 heteroatoms. The topological polar surface area (TPSA) is 0 Å². The fraction of sp³-hybridized carbons (Fsp3) is 0. The smallest absolute Gasteiger partial charge is 0 e. The molecule has 9 radical (unpaired) electrons. The van der Waals surface area contributed by atoms with Crippen molar-refractivity contribution in [3.63, 3.8) is 0 Å². The Balaban J connectivity index is 0. The second-order valence-corrected chi connectivity index (χ2v) is 0. The van der Waals surface area contributed by atoms with Crippen molar-refractivity contribution in [3.8, 4) is 0 Å². The average Bonchev–Trinajstić information content (AvgIpc) is 0. The first-order valence-corrected chi connectivity index (χ1v) is 0. The minimum Gasteiger partial charge on any atom is 0 e. The molecule has 0 nitrogen and oxygen atoms in total. The summed E-state index contributed by atoms with van der Waals surface area (Å²) in [7, 11) is 0. The molecule has 0 aromatic rings. The van der Waals surface area contributed by atoms with Gasteiger partial charge in [0.05, 0.1) is 0 Å². The summed E-state index contributed by atoms with van der Waals surface area (Å²) in [4.78, 5) is 0. The Labute approximate surface area is 116 Å². The van der Waals surface area contributed by atoms with E-state index in [1.165, 1.54) is 0 Å². The monoisotopic (exact) mass is 339 g/mol. The third-order valence-electron chi connectivity index (χ3n) is 0. The second-order valence-electron chi connectivity index (χ2n) is 0. The molecular formula is AlCaSmSn. The molecule has 4 heavy (non-hydrogen) atoms. The van der Waals surface area contributed by atoms with Crippen molar-refractivity contribution < 1.29 is 40.4 Å². The summed E-state index contributed by atoms with van der Waals surface area (Å²) in [5.41, 5.74) is 0. The van der Waals surface area contributed by atoms with Crippen LogP contribution in [0.25, 0.3) is 0 Å². The number of hydrogen-bond donors (Lipinski definition) is 0. The van der Waals surface area contributed by atoms with Gasteiger partial charge in [-0.3, -0.25) is 0 Å². The van der Waals surface area contributed by atoms with Crippen molar-refractivity contribution in [2.75, 3.05) is 0 Å². The molecule has 0 aliphatic heterocycles. The zero-order valence-corrected chi connectivity index (χ0v) is 11.0. The Morgan fingerprint density at radius 1 is 1.00 bits per heavy atom. The van der Waals surface area contributed by atoms with Crippen molar-refractivity contribution >= 4 is 79.0 Å². The van der Waals surface area contributed by atoms with E-state index < -0.39 is 0 Å². The molecule has 0 heterocycles. The Morgan fingerprint density at radius 3 is 1.00 bits per heavy atom. The second kappa shape index (κ2) is 15.8. The summed E-state index contributed by atoms with van der Waals surface area (Å²) < 4.78 is 0. The molecule has 0 fully saturated rings. The van der Waals surface area contributed by atoms with E-state index in [0.717, 1.165) is 0 Å². The SMILES string of the molecule is [Al].[Ca].[Sm].[Sn]. The predicted molar refractivity (Wildman–Crippen MR) is 17.3 cm³/mol. The molecule has 0 rings (SSSR count). The maximum atomic E-state index is 0. The molecule has 0 aliphatic rings. The fourth-order valence-corrected chi connectivity index (χ4v) is 0. The molecule has 0 unspecified atom stereocenters. The van der Waals surface area contributed by atoms with Gasteiger partial charge in [0.15, 0.2) is 0 Å². The molecule has 0 amide bonds. The Morgan fingerprint density at radius 2 is 1.00 bits per heavy atom. The Bertz CT molecular complexity index is 8.00. The third kappa shape index (κ3) is 9.33. The van der Waals surface area contributed by atoms with Gasteiger partial charge in [-0.2, -0.15) is 0 Å². The van der Waals surface area contributed by atoms with Crippen molar-refractivity contribution in [1.82, 2.24) is 0 Å². The van der Waals surface area contributed by atoms with Crippen LogP contribution in [-0.4, -0.2) is 79.0 Å². The van der Waals surface area contributed by atoms with Gasteiger partial charge >= 0.3 is 0 Å². The summed E-state index contributed by atoms with van der Waals surface area (Å²) >= 11 is 0. The molecule has 0 aromatic carbocycles. The van der Waals surface area contributed by atoms with E-state index in [-0.39, 0.29) is 119 Å². The largest absolute Gasteiger partial charge is 0 e. The van der Waals surface area contributed by atoms with Crippen LogP contribution >= 0.6 is 0 Å². The van der Waals surface area contributed by atoms with E-state index >= 15 is 0 Å². The van der Waals surface area contributed by atoms with Crippen LogP contribution in [0.15, 0.2) is 0 Å². The van der Waals surface area contributed by atoms with Gasteiger partial charge in [-0.25, -0.2) is 0 Å². The summed E-state index contributed by atoms with van der Waals surface area (Å²) in [6.07, 6.45) is 0. The first kappa shape index (κ1) is 24.7. The molecule has 0 saturated heterocycles. The molecule has 15 valence electrons. The van der Waals surface area contributed by atoms with Gasteiger partial charge in [-0.15, -0.1) is 0 Å². The van der Waals surface area contributed by atoms with Gasteiger partial charge in [0.25, 0.3) is 0 Å². The summed E-state index contributed by atoms with van der Waals surface area (Å²) in [6.45, 7) is 0. The molecule has 0 aromatic heterocycles. The first-order valence-electron chi connectivity index (χ1n) is 0. The zero-order chi connectivity index (χ0) is 0. The van der Waals surface area contributed by atoms with Gasteiger partial charge in [0.1, 0.15) is 0 Å². The van der Waals surface area contributed by atoms with Gasteiger partial charge in [-0.1, -0.05) is 0 Å². The van der Waals surface area contributed by atoms with Crippen LogP contribution in [0.1, 0.15) is 0 Å². The standard InChI is InChI=1S/Al.Ca.Sm.Sn. The van der Waals surface area contributed by atoms with Crippen LogP contribution in [0, 0.1) is 40.4 Å². The normalized spacial score (nSPS) is 0. The van der Waals surface area contributed by atoms with E-state index in [1.54, 1.807) is 0 Å². The van der Waals surface area contributed by atoms with Gasteiger partial charge in [0.2, 0.25) is 0 Å². The molecule has 0 bridgehead atoms. The molecule has 0 saturated carbocycles. The molecule has 0 aliphatic carbocycles. The van der Waals surface area contributed by atoms with E-state index in [1.807, 2.05) is 0 Å². The minimum absolute atomic E-state index is 0. The molecule has 0 N–H and O–H groups in total. The maximum absolute atomic E-state index is 0. The predicted octanol–water partition coefficient (Wildman–Crippen LogP) is -1.14. The van der Waals surface area contributed by atoms with Gasteiger partial charge in [-0.05, 0) is 0 Å². The van der Waals surface area contributed by atoms with Crippen LogP contribution < -0.4 is 0 Å². The molecular weight excluding hydrogens is 336 g/mol. The molecule has 0 spiro atoms. The van der Waals surface area contributed by atoms with Crippen LogP contribution in [0.2, 0.25) is 0 Å². The van der Waals surface area contributed by atoms with Gasteiger partial charge < -0.3 is 0 Å².